The summed E-state index contributed by atoms with van der Waals surface area (Å²) in [6, 6.07) is 14.9. The Bertz CT molecular complexity index is 765. The average Bonchev–Trinajstić information content (AvgIpc) is 2.60. The summed E-state index contributed by atoms with van der Waals surface area (Å²) in [4.78, 5) is 27.9. The Kier molecular flexibility index (Phi) is 7.05. The Labute approximate surface area is 152 Å². The van der Waals surface area contributed by atoms with E-state index in [2.05, 4.69) is 11.9 Å². The van der Waals surface area contributed by atoms with Crippen LogP contribution in [0.3, 0.4) is 0 Å². The Hall–Kier alpha value is -2.99. The van der Waals surface area contributed by atoms with E-state index in [4.69, 9.17) is 0 Å². The average molecular weight is 355 g/mol. The van der Waals surface area contributed by atoms with Crippen LogP contribution in [0, 0.1) is 5.82 Å². The molecule has 0 fully saturated rings. The highest BCUT2D eigenvalue weighted by Gasteiger charge is 2.17. The molecule has 26 heavy (non-hydrogen) atoms. The quantitative estimate of drug-likeness (QED) is 0.741. The van der Waals surface area contributed by atoms with Crippen LogP contribution in [0.25, 0.3) is 0 Å². The number of likely N-dealkylation sites (N-methyl/N-ethyl adjacent to an activating group) is 1. The van der Waals surface area contributed by atoms with Gasteiger partial charge in [0.05, 0.1) is 13.1 Å². The zero-order valence-electron chi connectivity index (χ0n) is 14.7. The first-order valence-electron chi connectivity index (χ1n) is 8.20. The maximum absolute atomic E-state index is 13.2. The monoisotopic (exact) mass is 355 g/mol. The molecule has 2 aromatic rings. The summed E-state index contributed by atoms with van der Waals surface area (Å²) in [6.45, 7) is 4.15. The molecule has 2 amide bonds. The molecule has 2 rings (SSSR count). The minimum atomic E-state index is -0.422. The number of para-hydroxylation sites is 1. The summed E-state index contributed by atoms with van der Waals surface area (Å²) in [5.74, 6) is -0.882. The smallest absolute Gasteiger partial charge is 0.241 e. The highest BCUT2D eigenvalue weighted by molar-refractivity contribution is 5.96. The van der Waals surface area contributed by atoms with E-state index in [9.17, 15) is 14.0 Å². The highest BCUT2D eigenvalue weighted by Crippen LogP contribution is 2.14. The molecule has 0 aromatic heterocycles. The van der Waals surface area contributed by atoms with Gasteiger partial charge in [-0.3, -0.25) is 14.5 Å². The predicted octanol–water partition coefficient (Wildman–Crippen LogP) is 2.92. The highest BCUT2D eigenvalue weighted by atomic mass is 19.1. The van der Waals surface area contributed by atoms with Crippen LogP contribution < -0.4 is 10.2 Å². The third-order valence-electron chi connectivity index (χ3n) is 3.61. The number of nitrogens with one attached hydrogen (secondary N) is 1. The van der Waals surface area contributed by atoms with Crippen molar-refractivity contribution in [1.82, 2.24) is 4.90 Å². The van der Waals surface area contributed by atoms with Gasteiger partial charge in [0.1, 0.15) is 5.82 Å². The van der Waals surface area contributed by atoms with Gasteiger partial charge in [0.25, 0.3) is 0 Å². The van der Waals surface area contributed by atoms with E-state index in [1.54, 1.807) is 29.0 Å². The molecule has 136 valence electrons. The summed E-state index contributed by atoms with van der Waals surface area (Å²) in [7, 11) is 1.68. The predicted molar refractivity (Wildman–Crippen MR) is 102 cm³/mol. The second kappa shape index (κ2) is 9.48. The molecule has 6 heteroatoms. The SMILES string of the molecule is C=CCN(C(=O)CN(C)CC(=O)Nc1cccc(F)c1)c1ccccc1. The van der Waals surface area contributed by atoms with Crippen molar-refractivity contribution >= 4 is 23.2 Å². The number of rotatable bonds is 8. The Morgan fingerprint density at radius 2 is 1.85 bits per heavy atom. The third-order valence-corrected chi connectivity index (χ3v) is 3.61. The minimum absolute atomic E-state index is 0.0129. The van der Waals surface area contributed by atoms with E-state index in [0.29, 0.717) is 12.2 Å². The number of benzene rings is 2. The van der Waals surface area contributed by atoms with Crippen molar-refractivity contribution in [3.63, 3.8) is 0 Å². The number of carbonyl (C=O) groups excluding carboxylic acids is 2. The maximum Gasteiger partial charge on any atom is 0.241 e. The summed E-state index contributed by atoms with van der Waals surface area (Å²) >= 11 is 0. The van der Waals surface area contributed by atoms with Crippen LogP contribution in [0.5, 0.6) is 0 Å². The Morgan fingerprint density at radius 3 is 2.50 bits per heavy atom. The second-order valence-corrected chi connectivity index (χ2v) is 5.86. The van der Waals surface area contributed by atoms with Gasteiger partial charge in [-0.2, -0.15) is 0 Å². The topological polar surface area (TPSA) is 52.7 Å². The Morgan fingerprint density at radius 1 is 1.12 bits per heavy atom. The van der Waals surface area contributed by atoms with Gasteiger partial charge in [0, 0.05) is 17.9 Å². The fraction of sp³-hybridized carbons (Fsp3) is 0.200. The number of anilines is 2. The fourth-order valence-corrected chi connectivity index (χ4v) is 2.47. The molecule has 0 radical (unpaired) electrons. The second-order valence-electron chi connectivity index (χ2n) is 5.86. The van der Waals surface area contributed by atoms with Crippen molar-refractivity contribution in [2.75, 3.05) is 36.9 Å². The van der Waals surface area contributed by atoms with Crippen molar-refractivity contribution in [2.45, 2.75) is 0 Å². The van der Waals surface area contributed by atoms with Crippen LogP contribution in [-0.2, 0) is 9.59 Å². The van der Waals surface area contributed by atoms with E-state index in [0.717, 1.165) is 5.69 Å². The molecule has 0 unspecified atom stereocenters. The van der Waals surface area contributed by atoms with Crippen molar-refractivity contribution < 1.29 is 14.0 Å². The number of halogens is 1. The van der Waals surface area contributed by atoms with Crippen LogP contribution >= 0.6 is 0 Å². The van der Waals surface area contributed by atoms with Gasteiger partial charge in [-0.15, -0.1) is 6.58 Å². The molecule has 1 N–H and O–H groups in total. The van der Waals surface area contributed by atoms with Crippen molar-refractivity contribution in [3.05, 3.63) is 73.1 Å². The molecule has 5 nitrogen and oxygen atoms in total. The molecule has 0 aliphatic carbocycles. The molecule has 0 aliphatic heterocycles. The van der Waals surface area contributed by atoms with Crippen molar-refractivity contribution in [2.24, 2.45) is 0 Å². The van der Waals surface area contributed by atoms with Crippen LogP contribution in [0.2, 0.25) is 0 Å². The van der Waals surface area contributed by atoms with Gasteiger partial charge in [-0.05, 0) is 37.4 Å². The normalized spacial score (nSPS) is 10.4. The first-order chi connectivity index (χ1) is 12.5. The van der Waals surface area contributed by atoms with Gasteiger partial charge in [-0.25, -0.2) is 4.39 Å². The zero-order chi connectivity index (χ0) is 18.9. The van der Waals surface area contributed by atoms with E-state index >= 15 is 0 Å². The standard InChI is InChI=1S/C20H22FN3O2/c1-3-12-24(18-10-5-4-6-11-18)20(26)15-23(2)14-19(25)22-17-9-7-8-16(21)13-17/h3-11,13H,1,12,14-15H2,2H3,(H,22,25). The lowest BCUT2D eigenvalue weighted by molar-refractivity contribution is -0.120. The van der Waals surface area contributed by atoms with Gasteiger partial charge in [-0.1, -0.05) is 30.3 Å². The lowest BCUT2D eigenvalue weighted by atomic mass is 10.2. The van der Waals surface area contributed by atoms with Crippen LogP contribution in [0.1, 0.15) is 0 Å². The van der Waals surface area contributed by atoms with Crippen LogP contribution in [0.4, 0.5) is 15.8 Å². The van der Waals surface area contributed by atoms with Crippen molar-refractivity contribution in [1.29, 1.82) is 0 Å². The van der Waals surface area contributed by atoms with Gasteiger partial charge >= 0.3 is 0 Å². The zero-order valence-corrected chi connectivity index (χ0v) is 14.7. The van der Waals surface area contributed by atoms with Gasteiger partial charge in [0.2, 0.25) is 11.8 Å². The molecule has 0 saturated carbocycles. The van der Waals surface area contributed by atoms with Gasteiger partial charge < -0.3 is 10.2 Å². The molecular formula is C20H22FN3O2. The largest absolute Gasteiger partial charge is 0.325 e. The number of hydrogen-bond acceptors (Lipinski definition) is 3. The van der Waals surface area contributed by atoms with E-state index < -0.39 is 5.82 Å². The van der Waals surface area contributed by atoms with Crippen LogP contribution in [-0.4, -0.2) is 43.4 Å². The summed E-state index contributed by atoms with van der Waals surface area (Å²) in [6.07, 6.45) is 1.65. The number of hydrogen-bond donors (Lipinski definition) is 1. The summed E-state index contributed by atoms with van der Waals surface area (Å²) < 4.78 is 13.2. The lowest BCUT2D eigenvalue weighted by Crippen LogP contribution is -2.41. The van der Waals surface area contributed by atoms with Crippen molar-refractivity contribution in [3.8, 4) is 0 Å². The summed E-state index contributed by atoms with van der Waals surface area (Å²) in [5, 5.41) is 2.61. The molecule has 0 bridgehead atoms. The van der Waals surface area contributed by atoms with Crippen LogP contribution in [0.15, 0.2) is 67.3 Å². The third kappa shape index (κ3) is 5.82. The fourth-order valence-electron chi connectivity index (χ4n) is 2.47. The first-order valence-corrected chi connectivity index (χ1v) is 8.20. The molecule has 0 spiro atoms. The lowest BCUT2D eigenvalue weighted by Gasteiger charge is -2.24. The van der Waals surface area contributed by atoms with E-state index in [1.165, 1.54) is 18.2 Å². The van der Waals surface area contributed by atoms with E-state index in [-0.39, 0.29) is 24.9 Å². The minimum Gasteiger partial charge on any atom is -0.325 e. The van der Waals surface area contributed by atoms with E-state index in [1.807, 2.05) is 30.3 Å². The molecule has 0 saturated heterocycles. The van der Waals surface area contributed by atoms with Gasteiger partial charge in [0.15, 0.2) is 0 Å². The molecular weight excluding hydrogens is 333 g/mol. The maximum atomic E-state index is 13.2. The molecule has 0 atom stereocenters. The molecule has 2 aromatic carbocycles. The number of carbonyl (C=O) groups is 2. The first kappa shape index (κ1) is 19.3. The summed E-state index contributed by atoms with van der Waals surface area (Å²) in [5.41, 5.74) is 1.15. The molecule has 0 heterocycles. The number of nitrogens with zero attached hydrogens (tertiary/aromatic N) is 2. The number of amides is 2. The molecule has 0 aliphatic rings. The Balaban J connectivity index is 1.92.